The fourth-order valence-corrected chi connectivity index (χ4v) is 7.19. The third kappa shape index (κ3) is 3.01. The molecule has 2 aliphatic rings. The van der Waals surface area contributed by atoms with Crippen molar-refractivity contribution in [2.45, 2.75) is 64.3 Å². The van der Waals surface area contributed by atoms with Crippen molar-refractivity contribution in [3.8, 4) is 11.1 Å². The molecule has 0 unspecified atom stereocenters. The number of benzene rings is 5. The molecule has 2 N–H and O–H groups in total. The topological polar surface area (TPSA) is 26.0 Å². The Morgan fingerprint density at radius 1 is 0.811 bits per heavy atom. The SMILES string of the molecule is CCC(N)(CC)c1cc2ccc3c4c(cc5cccc1c5c24)C(C)(C)c1cc(C2=CC=CCC2)ccc1-3. The van der Waals surface area contributed by atoms with Gasteiger partial charge >= 0.3 is 0 Å². The molecule has 7 rings (SSSR count). The molecule has 0 heterocycles. The van der Waals surface area contributed by atoms with Gasteiger partial charge in [-0.25, -0.2) is 0 Å². The number of rotatable bonds is 4. The molecule has 0 atom stereocenters. The lowest BCUT2D eigenvalue weighted by molar-refractivity contribution is 0.416. The Labute approximate surface area is 220 Å². The van der Waals surface area contributed by atoms with E-state index >= 15 is 0 Å². The maximum absolute atomic E-state index is 7.03. The highest BCUT2D eigenvalue weighted by molar-refractivity contribution is 6.28. The summed E-state index contributed by atoms with van der Waals surface area (Å²) in [6, 6.07) is 23.6. The van der Waals surface area contributed by atoms with Gasteiger partial charge in [0.05, 0.1) is 0 Å². The molecule has 0 saturated heterocycles. The summed E-state index contributed by atoms with van der Waals surface area (Å²) in [5.74, 6) is 0. The van der Waals surface area contributed by atoms with Crippen molar-refractivity contribution in [3.63, 3.8) is 0 Å². The van der Waals surface area contributed by atoms with Gasteiger partial charge in [0, 0.05) is 11.0 Å². The average molecular weight is 482 g/mol. The molecule has 0 fully saturated rings. The zero-order valence-corrected chi connectivity index (χ0v) is 22.4. The van der Waals surface area contributed by atoms with E-state index in [9.17, 15) is 0 Å². The van der Waals surface area contributed by atoms with Gasteiger partial charge in [-0.05, 0) is 115 Å². The van der Waals surface area contributed by atoms with Crippen LogP contribution in [0.2, 0.25) is 0 Å². The molecule has 0 bridgehead atoms. The van der Waals surface area contributed by atoms with Crippen LogP contribution in [-0.2, 0) is 11.0 Å². The molecule has 0 spiro atoms. The number of allylic oxidation sites excluding steroid dienone is 4. The molecule has 5 aromatic rings. The van der Waals surface area contributed by atoms with Gasteiger partial charge in [-0.2, -0.15) is 0 Å². The summed E-state index contributed by atoms with van der Waals surface area (Å²) in [5, 5.41) is 8.16. The highest BCUT2D eigenvalue weighted by Crippen LogP contribution is 2.53. The van der Waals surface area contributed by atoms with E-state index in [0.717, 1.165) is 25.7 Å². The maximum Gasteiger partial charge on any atom is 0.0410 e. The molecule has 0 amide bonds. The molecule has 1 nitrogen and oxygen atoms in total. The maximum atomic E-state index is 7.03. The van der Waals surface area contributed by atoms with Crippen LogP contribution >= 0.6 is 0 Å². The van der Waals surface area contributed by atoms with Gasteiger partial charge < -0.3 is 5.73 Å². The van der Waals surface area contributed by atoms with Crippen LogP contribution < -0.4 is 5.73 Å². The van der Waals surface area contributed by atoms with Crippen LogP contribution in [0.4, 0.5) is 0 Å². The summed E-state index contributed by atoms with van der Waals surface area (Å²) in [6.07, 6.45) is 10.9. The van der Waals surface area contributed by atoms with Crippen molar-refractivity contribution in [2.75, 3.05) is 0 Å². The minimum atomic E-state index is -0.321. The minimum absolute atomic E-state index is 0.0965. The molecule has 37 heavy (non-hydrogen) atoms. The van der Waals surface area contributed by atoms with E-state index in [1.165, 1.54) is 71.3 Å². The Hall–Kier alpha value is -3.42. The van der Waals surface area contributed by atoms with E-state index in [-0.39, 0.29) is 11.0 Å². The molecule has 0 radical (unpaired) electrons. The molecule has 0 aromatic heterocycles. The summed E-state index contributed by atoms with van der Waals surface area (Å²) in [7, 11) is 0. The third-order valence-electron chi connectivity index (χ3n) is 9.58. The largest absolute Gasteiger partial charge is 0.321 e. The second kappa shape index (κ2) is 7.79. The molecule has 0 saturated carbocycles. The fraction of sp³-hybridized carbons (Fsp3) is 0.278. The first-order chi connectivity index (χ1) is 17.9. The van der Waals surface area contributed by atoms with Crippen LogP contribution in [0.25, 0.3) is 49.0 Å². The quantitative estimate of drug-likeness (QED) is 0.254. The number of fused-ring (bicyclic) bond motifs is 2. The summed E-state index contributed by atoms with van der Waals surface area (Å²) in [6.45, 7) is 9.26. The first-order valence-electron chi connectivity index (χ1n) is 13.9. The van der Waals surface area contributed by atoms with E-state index in [1.807, 2.05) is 0 Å². The Bertz CT molecular complexity index is 1770. The van der Waals surface area contributed by atoms with Crippen molar-refractivity contribution in [3.05, 3.63) is 101 Å². The Kier molecular flexibility index (Phi) is 4.79. The Balaban J connectivity index is 1.59. The zero-order chi connectivity index (χ0) is 25.5. The fourth-order valence-electron chi connectivity index (χ4n) is 7.19. The van der Waals surface area contributed by atoms with Gasteiger partial charge in [0.25, 0.3) is 0 Å². The molecule has 0 aliphatic heterocycles. The zero-order valence-electron chi connectivity index (χ0n) is 22.4. The van der Waals surface area contributed by atoms with Gasteiger partial charge in [-0.3, -0.25) is 0 Å². The molecule has 1 heteroatoms. The second-order valence-corrected chi connectivity index (χ2v) is 11.7. The van der Waals surface area contributed by atoms with Gasteiger partial charge in [-0.15, -0.1) is 0 Å². The second-order valence-electron chi connectivity index (χ2n) is 11.7. The van der Waals surface area contributed by atoms with Crippen molar-refractivity contribution in [2.24, 2.45) is 5.73 Å². The van der Waals surface area contributed by atoms with Crippen LogP contribution in [0.3, 0.4) is 0 Å². The highest BCUT2D eigenvalue weighted by atomic mass is 14.7. The Morgan fingerprint density at radius 3 is 2.35 bits per heavy atom. The van der Waals surface area contributed by atoms with Crippen LogP contribution in [0, 0.1) is 0 Å². The number of hydrogen-bond donors (Lipinski definition) is 1. The van der Waals surface area contributed by atoms with E-state index < -0.39 is 0 Å². The van der Waals surface area contributed by atoms with Crippen LogP contribution in [-0.4, -0.2) is 0 Å². The predicted octanol–water partition coefficient (Wildman–Crippen LogP) is 9.60. The molecular weight excluding hydrogens is 446 g/mol. The van der Waals surface area contributed by atoms with E-state index in [2.05, 4.69) is 107 Å². The van der Waals surface area contributed by atoms with E-state index in [1.54, 1.807) is 0 Å². The first-order valence-corrected chi connectivity index (χ1v) is 13.9. The van der Waals surface area contributed by atoms with Crippen molar-refractivity contribution < 1.29 is 0 Å². The summed E-state index contributed by atoms with van der Waals surface area (Å²) >= 11 is 0. The van der Waals surface area contributed by atoms with Crippen molar-refractivity contribution in [1.82, 2.24) is 0 Å². The lowest BCUT2D eigenvalue weighted by Gasteiger charge is -2.37. The minimum Gasteiger partial charge on any atom is -0.321 e. The van der Waals surface area contributed by atoms with Crippen LogP contribution in [0.5, 0.6) is 0 Å². The highest BCUT2D eigenvalue weighted by Gasteiger charge is 2.36. The van der Waals surface area contributed by atoms with Gasteiger partial charge in [0.1, 0.15) is 0 Å². The summed E-state index contributed by atoms with van der Waals surface area (Å²) in [4.78, 5) is 0. The van der Waals surface area contributed by atoms with Gasteiger partial charge in [0.15, 0.2) is 0 Å². The summed E-state index contributed by atoms with van der Waals surface area (Å²) in [5.41, 5.74) is 16.3. The molecule has 184 valence electrons. The van der Waals surface area contributed by atoms with E-state index in [4.69, 9.17) is 5.73 Å². The van der Waals surface area contributed by atoms with E-state index in [0.29, 0.717) is 0 Å². The smallest absolute Gasteiger partial charge is 0.0410 e. The number of nitrogens with two attached hydrogens (primary N) is 1. The van der Waals surface area contributed by atoms with Crippen molar-refractivity contribution >= 4 is 37.9 Å². The molecule has 5 aromatic carbocycles. The number of hydrogen-bond acceptors (Lipinski definition) is 1. The normalized spacial score (nSPS) is 16.5. The monoisotopic (exact) mass is 481 g/mol. The lowest BCUT2D eigenvalue weighted by atomic mass is 9.66. The average Bonchev–Trinajstić information content (AvgIpc) is 2.94. The van der Waals surface area contributed by atoms with Crippen LogP contribution in [0.1, 0.15) is 75.6 Å². The lowest BCUT2D eigenvalue weighted by Crippen LogP contribution is -2.35. The Morgan fingerprint density at radius 2 is 1.59 bits per heavy atom. The third-order valence-corrected chi connectivity index (χ3v) is 9.58. The molecule has 2 aliphatic carbocycles. The molecular formula is C36H35N. The first kappa shape index (κ1) is 22.8. The van der Waals surface area contributed by atoms with Gasteiger partial charge in [0.2, 0.25) is 0 Å². The van der Waals surface area contributed by atoms with Gasteiger partial charge in [-0.1, -0.05) is 88.4 Å². The predicted molar refractivity (Wildman–Crippen MR) is 161 cm³/mol. The summed E-state index contributed by atoms with van der Waals surface area (Å²) < 4.78 is 0. The standard InChI is InChI=1S/C36H35N/c1-5-36(37,6-2)30-20-25-16-18-27-26-17-15-23(22-11-8-7-9-12-22)19-29(26)35(3,4)31-21-24-13-10-14-28(30)32(24)33(25)34(27)31/h7-8,10-11,13-21H,5-6,9,12,37H2,1-4H3. The van der Waals surface area contributed by atoms with Crippen LogP contribution in [0.15, 0.2) is 78.9 Å². The van der Waals surface area contributed by atoms with Crippen molar-refractivity contribution in [1.29, 1.82) is 0 Å².